The first-order chi connectivity index (χ1) is 7.31. The maximum Gasteiger partial charge on any atom is 0.263 e. The molecule has 0 aliphatic carbocycles. The van der Waals surface area contributed by atoms with Gasteiger partial charge in [-0.1, -0.05) is 0 Å². The van der Waals surface area contributed by atoms with Gasteiger partial charge in [0.1, 0.15) is 0 Å². The molecule has 3 nitrogen and oxygen atoms in total. The summed E-state index contributed by atoms with van der Waals surface area (Å²) in [6.45, 7) is 2.49. The molecule has 1 aliphatic rings. The van der Waals surface area contributed by atoms with E-state index >= 15 is 0 Å². The van der Waals surface area contributed by atoms with Crippen LogP contribution in [0.3, 0.4) is 0 Å². The van der Waals surface area contributed by atoms with E-state index in [4.69, 9.17) is 5.73 Å². The number of thiophene rings is 1. The van der Waals surface area contributed by atoms with E-state index in [1.54, 1.807) is 11.3 Å². The van der Waals surface area contributed by atoms with Crippen LogP contribution in [0.15, 0.2) is 12.1 Å². The van der Waals surface area contributed by atoms with Crippen molar-refractivity contribution >= 4 is 17.2 Å². The summed E-state index contributed by atoms with van der Waals surface area (Å²) in [6, 6.07) is 3.94. The number of rotatable bonds is 3. The van der Waals surface area contributed by atoms with Gasteiger partial charge in [0, 0.05) is 18.0 Å². The minimum absolute atomic E-state index is 0.195. The smallest absolute Gasteiger partial charge is 0.263 e. The van der Waals surface area contributed by atoms with Crippen LogP contribution in [-0.2, 0) is 6.42 Å². The number of amides is 1. The fourth-order valence-electron chi connectivity index (χ4n) is 1.85. The Balaban J connectivity index is 2.04. The second-order valence-electron chi connectivity index (χ2n) is 3.80. The highest BCUT2D eigenvalue weighted by atomic mass is 32.1. The van der Waals surface area contributed by atoms with Crippen molar-refractivity contribution in [1.82, 2.24) is 4.90 Å². The Hall–Kier alpha value is -0.870. The summed E-state index contributed by atoms with van der Waals surface area (Å²) in [5, 5.41) is 0. The maximum absolute atomic E-state index is 12.0. The van der Waals surface area contributed by atoms with Crippen LogP contribution < -0.4 is 5.73 Å². The van der Waals surface area contributed by atoms with Gasteiger partial charge in [-0.2, -0.15) is 0 Å². The number of nitrogens with zero attached hydrogens (tertiary/aromatic N) is 1. The highest BCUT2D eigenvalue weighted by Gasteiger charge is 2.20. The van der Waals surface area contributed by atoms with E-state index in [9.17, 15) is 4.79 Å². The van der Waals surface area contributed by atoms with Crippen molar-refractivity contribution < 1.29 is 4.79 Å². The van der Waals surface area contributed by atoms with Crippen molar-refractivity contribution in [2.24, 2.45) is 5.73 Å². The van der Waals surface area contributed by atoms with Gasteiger partial charge in [-0.15, -0.1) is 11.3 Å². The Bertz CT molecular complexity index is 342. The number of hydrogen-bond donors (Lipinski definition) is 1. The molecule has 0 atom stereocenters. The molecule has 0 saturated carbocycles. The number of nitrogens with two attached hydrogens (primary N) is 1. The van der Waals surface area contributed by atoms with E-state index in [1.807, 2.05) is 17.0 Å². The minimum Gasteiger partial charge on any atom is -0.338 e. The summed E-state index contributed by atoms with van der Waals surface area (Å²) in [4.78, 5) is 16.0. The van der Waals surface area contributed by atoms with Crippen LogP contribution in [0.5, 0.6) is 0 Å². The largest absolute Gasteiger partial charge is 0.338 e. The minimum atomic E-state index is 0.195. The first-order valence-corrected chi connectivity index (χ1v) is 6.21. The second kappa shape index (κ2) is 4.77. The van der Waals surface area contributed by atoms with E-state index in [0.717, 1.165) is 37.2 Å². The lowest BCUT2D eigenvalue weighted by Crippen LogP contribution is -2.26. The van der Waals surface area contributed by atoms with E-state index < -0.39 is 0 Å². The molecule has 1 aliphatic heterocycles. The van der Waals surface area contributed by atoms with E-state index in [1.165, 1.54) is 4.88 Å². The summed E-state index contributed by atoms with van der Waals surface area (Å²) >= 11 is 1.58. The third-order valence-electron chi connectivity index (χ3n) is 2.66. The van der Waals surface area contributed by atoms with Crippen molar-refractivity contribution in [2.45, 2.75) is 19.3 Å². The predicted octanol–water partition coefficient (Wildman–Crippen LogP) is 1.49. The topological polar surface area (TPSA) is 46.3 Å². The van der Waals surface area contributed by atoms with Crippen molar-refractivity contribution in [1.29, 1.82) is 0 Å². The van der Waals surface area contributed by atoms with Gasteiger partial charge in [0.2, 0.25) is 0 Å². The van der Waals surface area contributed by atoms with Crippen molar-refractivity contribution in [2.75, 3.05) is 19.6 Å². The molecule has 2 N–H and O–H groups in total. The van der Waals surface area contributed by atoms with Gasteiger partial charge in [0.05, 0.1) is 4.88 Å². The zero-order valence-corrected chi connectivity index (χ0v) is 9.55. The van der Waals surface area contributed by atoms with Crippen LogP contribution in [0.4, 0.5) is 0 Å². The van der Waals surface area contributed by atoms with Gasteiger partial charge >= 0.3 is 0 Å². The van der Waals surface area contributed by atoms with Crippen LogP contribution in [0.25, 0.3) is 0 Å². The first-order valence-electron chi connectivity index (χ1n) is 5.39. The summed E-state index contributed by atoms with van der Waals surface area (Å²) in [5.74, 6) is 0.195. The molecule has 82 valence electrons. The molecule has 1 aromatic heterocycles. The van der Waals surface area contributed by atoms with Gasteiger partial charge in [-0.25, -0.2) is 0 Å². The first kappa shape index (κ1) is 10.6. The molecule has 1 amide bonds. The molecule has 1 fully saturated rings. The average molecular weight is 224 g/mol. The van der Waals surface area contributed by atoms with Crippen LogP contribution >= 0.6 is 11.3 Å². The Morgan fingerprint density at radius 3 is 2.80 bits per heavy atom. The molecule has 0 spiro atoms. The normalized spacial score (nSPS) is 15.9. The van der Waals surface area contributed by atoms with E-state index in [2.05, 4.69) is 0 Å². The Kier molecular flexibility index (Phi) is 3.38. The second-order valence-corrected chi connectivity index (χ2v) is 4.97. The lowest BCUT2D eigenvalue weighted by molar-refractivity contribution is 0.0797. The van der Waals surface area contributed by atoms with Crippen LogP contribution in [0, 0.1) is 0 Å². The molecule has 0 unspecified atom stereocenters. The maximum atomic E-state index is 12.0. The molecule has 15 heavy (non-hydrogen) atoms. The van der Waals surface area contributed by atoms with Crippen LogP contribution in [0.1, 0.15) is 27.4 Å². The molecule has 2 heterocycles. The van der Waals surface area contributed by atoms with Gasteiger partial charge in [-0.05, 0) is 37.9 Å². The van der Waals surface area contributed by atoms with Crippen LogP contribution in [-0.4, -0.2) is 30.4 Å². The lowest BCUT2D eigenvalue weighted by Gasteiger charge is -2.13. The third kappa shape index (κ3) is 2.38. The Labute approximate surface area is 93.9 Å². The highest BCUT2D eigenvalue weighted by Crippen LogP contribution is 2.20. The number of hydrogen-bond acceptors (Lipinski definition) is 3. The standard InChI is InChI=1S/C11H16N2OS/c12-6-5-9-3-4-10(15-9)11(14)13-7-1-2-8-13/h3-4H,1-2,5-8,12H2. The summed E-state index contributed by atoms with van der Waals surface area (Å²) < 4.78 is 0. The molecule has 1 aromatic rings. The highest BCUT2D eigenvalue weighted by molar-refractivity contribution is 7.14. The van der Waals surface area contributed by atoms with Crippen molar-refractivity contribution in [3.8, 4) is 0 Å². The summed E-state index contributed by atoms with van der Waals surface area (Å²) in [7, 11) is 0. The molecular weight excluding hydrogens is 208 g/mol. The van der Waals surface area contributed by atoms with Crippen LogP contribution in [0.2, 0.25) is 0 Å². The average Bonchev–Trinajstić information content (AvgIpc) is 2.87. The summed E-state index contributed by atoms with van der Waals surface area (Å²) in [5.41, 5.74) is 5.48. The predicted molar refractivity (Wildman–Crippen MR) is 62.2 cm³/mol. The zero-order chi connectivity index (χ0) is 10.7. The molecule has 4 heteroatoms. The molecule has 0 aromatic carbocycles. The third-order valence-corrected chi connectivity index (χ3v) is 3.79. The Morgan fingerprint density at radius 2 is 2.13 bits per heavy atom. The van der Waals surface area contributed by atoms with E-state index in [0.29, 0.717) is 6.54 Å². The van der Waals surface area contributed by atoms with Crippen molar-refractivity contribution in [3.63, 3.8) is 0 Å². The molecule has 2 rings (SSSR count). The summed E-state index contributed by atoms with van der Waals surface area (Å²) in [6.07, 6.45) is 3.16. The number of likely N-dealkylation sites (tertiary alicyclic amines) is 1. The monoisotopic (exact) mass is 224 g/mol. The van der Waals surface area contributed by atoms with Gasteiger partial charge < -0.3 is 10.6 Å². The quantitative estimate of drug-likeness (QED) is 0.845. The number of carbonyl (C=O) groups is 1. The molecular formula is C11H16N2OS. The SMILES string of the molecule is NCCc1ccc(C(=O)N2CCCC2)s1. The van der Waals surface area contributed by atoms with Gasteiger partial charge in [-0.3, -0.25) is 4.79 Å². The molecule has 1 saturated heterocycles. The zero-order valence-electron chi connectivity index (χ0n) is 8.74. The van der Waals surface area contributed by atoms with Gasteiger partial charge in [0.15, 0.2) is 0 Å². The fraction of sp³-hybridized carbons (Fsp3) is 0.545. The van der Waals surface area contributed by atoms with Crippen molar-refractivity contribution in [3.05, 3.63) is 21.9 Å². The van der Waals surface area contributed by atoms with Gasteiger partial charge in [0.25, 0.3) is 5.91 Å². The lowest BCUT2D eigenvalue weighted by atomic mass is 10.3. The molecule has 0 radical (unpaired) electrons. The number of carbonyl (C=O) groups excluding carboxylic acids is 1. The Morgan fingerprint density at radius 1 is 1.40 bits per heavy atom. The molecule has 0 bridgehead atoms. The van der Waals surface area contributed by atoms with E-state index in [-0.39, 0.29) is 5.91 Å². The fourth-order valence-corrected chi connectivity index (χ4v) is 2.84.